The van der Waals surface area contributed by atoms with Crippen LogP contribution in [0.25, 0.3) is 0 Å². The molecule has 0 fully saturated rings. The van der Waals surface area contributed by atoms with Crippen LogP contribution in [0.5, 0.6) is 0 Å². The van der Waals surface area contributed by atoms with Crippen molar-refractivity contribution in [3.63, 3.8) is 0 Å². The summed E-state index contributed by atoms with van der Waals surface area (Å²) in [5.41, 5.74) is 0. The largest absolute Gasteiger partial charge is 0.376 e. The topological polar surface area (TPSA) is 9.23 Å². The lowest BCUT2D eigenvalue weighted by molar-refractivity contribution is 0.258. The Morgan fingerprint density at radius 1 is 1.67 bits per heavy atom. The van der Waals surface area contributed by atoms with Crippen LogP contribution in [0.2, 0.25) is 0 Å². The van der Waals surface area contributed by atoms with E-state index < -0.39 is 0 Å². The van der Waals surface area contributed by atoms with Gasteiger partial charge in [0.1, 0.15) is 0 Å². The Morgan fingerprint density at radius 3 is 2.78 bits per heavy atom. The van der Waals surface area contributed by atoms with Gasteiger partial charge in [-0.25, -0.2) is 0 Å². The number of rotatable bonds is 5. The SMILES string of the molecule is COC[SH]([SiH3])CCCS. The van der Waals surface area contributed by atoms with Crippen molar-refractivity contribution in [1.29, 1.82) is 0 Å². The Morgan fingerprint density at radius 2 is 2.33 bits per heavy atom. The molecule has 1 nitrogen and oxygen atoms in total. The third kappa shape index (κ3) is 6.77. The summed E-state index contributed by atoms with van der Waals surface area (Å²) in [6, 6.07) is 0. The maximum atomic E-state index is 5.04. The number of ether oxygens (including phenoxy) is 1. The van der Waals surface area contributed by atoms with Gasteiger partial charge in [0.2, 0.25) is 0 Å². The fourth-order valence-corrected chi connectivity index (χ4v) is 4.02. The molecule has 0 spiro atoms. The molecule has 58 valence electrons. The minimum Gasteiger partial charge on any atom is -0.376 e. The highest BCUT2D eigenvalue weighted by Crippen LogP contribution is 2.18. The van der Waals surface area contributed by atoms with Gasteiger partial charge in [0.05, 0.1) is 5.94 Å². The lowest BCUT2D eigenvalue weighted by atomic mass is 10.6. The number of hydrogen-bond donors (Lipinski definition) is 2. The molecule has 0 aliphatic heterocycles. The van der Waals surface area contributed by atoms with E-state index in [0.29, 0.717) is 0 Å². The standard InChI is InChI=1S/C5H16OS2Si/c1-6-5-8(9)4-2-3-7/h7-8H,2-5H2,1,9H3. The van der Waals surface area contributed by atoms with Gasteiger partial charge < -0.3 is 4.74 Å². The molecule has 4 heteroatoms. The molecule has 1 atom stereocenters. The quantitative estimate of drug-likeness (QED) is 0.458. The summed E-state index contributed by atoms with van der Waals surface area (Å²) in [7, 11) is 3.39. The first kappa shape index (κ1) is 9.88. The predicted molar refractivity (Wildman–Crippen MR) is 54.1 cm³/mol. The van der Waals surface area contributed by atoms with Gasteiger partial charge in [0.25, 0.3) is 0 Å². The first-order chi connectivity index (χ1) is 4.31. The van der Waals surface area contributed by atoms with Gasteiger partial charge in [-0.1, -0.05) is 0 Å². The van der Waals surface area contributed by atoms with Crippen LogP contribution in [-0.2, 0) is 4.74 Å². The fraction of sp³-hybridized carbons (Fsp3) is 1.00. The second-order valence-electron chi connectivity index (χ2n) is 2.07. The lowest BCUT2D eigenvalue weighted by Crippen LogP contribution is -1.96. The smallest absolute Gasteiger partial charge is 0.0696 e. The maximum absolute atomic E-state index is 5.04. The Balaban J connectivity index is 2.95. The number of methoxy groups -OCH3 is 1. The Labute approximate surface area is 68.4 Å². The summed E-state index contributed by atoms with van der Waals surface area (Å²) in [5.74, 6) is 3.40. The van der Waals surface area contributed by atoms with Crippen molar-refractivity contribution in [2.24, 2.45) is 0 Å². The van der Waals surface area contributed by atoms with Crippen LogP contribution < -0.4 is 0 Å². The van der Waals surface area contributed by atoms with E-state index in [1.165, 1.54) is 21.6 Å². The molecule has 0 heterocycles. The van der Waals surface area contributed by atoms with Gasteiger partial charge in [-0.15, -0.1) is 0 Å². The molecule has 0 bridgehead atoms. The van der Waals surface area contributed by atoms with Gasteiger partial charge in [-0.2, -0.15) is 12.6 Å². The van der Waals surface area contributed by atoms with Crippen molar-refractivity contribution in [3.05, 3.63) is 0 Å². The van der Waals surface area contributed by atoms with Gasteiger partial charge >= 0.3 is 0 Å². The first-order valence-electron chi connectivity index (χ1n) is 3.09. The molecule has 0 rings (SSSR count). The molecule has 0 amide bonds. The molecular formula is C5H16OS2Si. The van der Waals surface area contributed by atoms with Crippen LogP contribution in [0.15, 0.2) is 0 Å². The van der Waals surface area contributed by atoms with Crippen molar-refractivity contribution in [3.8, 4) is 0 Å². The molecule has 0 aromatic carbocycles. The molecule has 1 unspecified atom stereocenters. The van der Waals surface area contributed by atoms with Crippen molar-refractivity contribution in [1.82, 2.24) is 0 Å². The molecule has 0 aliphatic rings. The van der Waals surface area contributed by atoms with Crippen molar-refractivity contribution in [2.75, 3.05) is 24.6 Å². The second kappa shape index (κ2) is 6.99. The highest BCUT2D eigenvalue weighted by Gasteiger charge is 1.93. The molecular weight excluding hydrogens is 168 g/mol. The van der Waals surface area contributed by atoms with Crippen LogP contribution in [0.4, 0.5) is 0 Å². The normalized spacial score (nSPS) is 16.0. The summed E-state index contributed by atoms with van der Waals surface area (Å²) in [6.07, 6.45) is 1.27. The molecule has 0 N–H and O–H groups in total. The van der Waals surface area contributed by atoms with E-state index in [1.807, 2.05) is 0 Å². The Hall–Kier alpha value is 0.877. The third-order valence-corrected chi connectivity index (χ3v) is 5.26. The third-order valence-electron chi connectivity index (χ3n) is 1.05. The van der Waals surface area contributed by atoms with E-state index in [9.17, 15) is 0 Å². The molecule has 0 saturated carbocycles. The Kier molecular flexibility index (Phi) is 7.67. The van der Waals surface area contributed by atoms with Crippen LogP contribution in [0, 0.1) is 0 Å². The van der Waals surface area contributed by atoms with Gasteiger partial charge in [0, 0.05) is 16.5 Å². The average Bonchev–Trinajstić information content (AvgIpc) is 1.85. The summed E-state index contributed by atoms with van der Waals surface area (Å²) >= 11 is 4.15. The summed E-state index contributed by atoms with van der Waals surface area (Å²) < 4.78 is 5.04. The van der Waals surface area contributed by atoms with E-state index >= 15 is 0 Å². The fourth-order valence-electron chi connectivity index (χ4n) is 0.626. The highest BCUT2D eigenvalue weighted by molar-refractivity contribution is 8.35. The van der Waals surface area contributed by atoms with E-state index in [0.717, 1.165) is 11.7 Å². The van der Waals surface area contributed by atoms with Crippen LogP contribution in [0.3, 0.4) is 0 Å². The zero-order chi connectivity index (χ0) is 7.11. The van der Waals surface area contributed by atoms with Crippen LogP contribution in [-0.4, -0.2) is 33.9 Å². The number of hydrogen-bond acceptors (Lipinski definition) is 2. The van der Waals surface area contributed by atoms with E-state index in [-0.39, 0.29) is 10.3 Å². The Bertz CT molecular complexity index is 62.9. The first-order valence-corrected chi connectivity index (χ1v) is 8.57. The molecule has 0 radical (unpaired) electrons. The lowest BCUT2D eigenvalue weighted by Gasteiger charge is -2.12. The second-order valence-corrected chi connectivity index (χ2v) is 8.73. The van der Waals surface area contributed by atoms with Crippen LogP contribution >= 0.6 is 23.0 Å². The summed E-state index contributed by atoms with van der Waals surface area (Å²) in [5, 5.41) is 0. The minimum atomic E-state index is 0.281. The van der Waals surface area contributed by atoms with Gasteiger partial charge in [0.15, 0.2) is 0 Å². The van der Waals surface area contributed by atoms with Gasteiger partial charge in [-0.05, 0) is 17.9 Å². The summed E-state index contributed by atoms with van der Waals surface area (Å²) in [4.78, 5) is 0. The molecule has 0 aromatic heterocycles. The van der Waals surface area contributed by atoms with E-state index in [4.69, 9.17) is 4.74 Å². The molecule has 0 aliphatic carbocycles. The molecule has 0 saturated heterocycles. The maximum Gasteiger partial charge on any atom is 0.0696 e. The molecule has 0 aromatic rings. The molecule has 9 heavy (non-hydrogen) atoms. The minimum absolute atomic E-state index is 0.281. The predicted octanol–water partition coefficient (Wildman–Crippen LogP) is 0.192. The van der Waals surface area contributed by atoms with Crippen molar-refractivity contribution >= 4 is 32.4 Å². The summed E-state index contributed by atoms with van der Waals surface area (Å²) in [6.45, 7) is 0. The number of thiol groups is 2. The van der Waals surface area contributed by atoms with Gasteiger partial charge in [-0.3, -0.25) is 10.3 Å². The average molecular weight is 184 g/mol. The highest BCUT2D eigenvalue weighted by atomic mass is 32.4. The zero-order valence-corrected chi connectivity index (χ0v) is 9.92. The van der Waals surface area contributed by atoms with E-state index in [2.05, 4.69) is 12.6 Å². The van der Waals surface area contributed by atoms with Crippen LogP contribution in [0.1, 0.15) is 6.42 Å². The monoisotopic (exact) mass is 184 g/mol. The van der Waals surface area contributed by atoms with Crippen molar-refractivity contribution in [2.45, 2.75) is 6.42 Å². The van der Waals surface area contributed by atoms with Crippen molar-refractivity contribution < 1.29 is 4.74 Å². The zero-order valence-electron chi connectivity index (χ0n) is 6.13. The van der Waals surface area contributed by atoms with E-state index in [1.54, 1.807) is 7.11 Å².